The van der Waals surface area contributed by atoms with Gasteiger partial charge in [0, 0.05) is 19.0 Å². The molecule has 2 rings (SSSR count). The number of nitrogens with one attached hydrogen (secondary N) is 1. The van der Waals surface area contributed by atoms with Crippen LogP contribution in [-0.4, -0.2) is 23.3 Å². The van der Waals surface area contributed by atoms with Gasteiger partial charge in [0.25, 0.3) is 0 Å². The molecule has 0 aliphatic heterocycles. The van der Waals surface area contributed by atoms with E-state index >= 15 is 0 Å². The number of ether oxygens (including phenoxy) is 1. The maximum absolute atomic E-state index is 13.4. The molecule has 1 aromatic heterocycles. The van der Waals surface area contributed by atoms with Gasteiger partial charge in [0.15, 0.2) is 5.82 Å². The van der Waals surface area contributed by atoms with Crippen molar-refractivity contribution in [2.75, 3.05) is 19.0 Å². The predicted molar refractivity (Wildman–Crippen MR) is 83.3 cm³/mol. The standard InChI is InChI=1S/C14H16Cl2FN3O/c1-8-6-20(9(2)7-21-3)14(18-8)19-10-4-11(15)13(17)12(16)5-10/h4-6,9H,7H2,1-3H3,(H,18,19). The molecule has 7 heteroatoms. The molecule has 0 aliphatic rings. The summed E-state index contributed by atoms with van der Waals surface area (Å²) in [4.78, 5) is 4.41. The maximum Gasteiger partial charge on any atom is 0.207 e. The second-order valence-corrected chi connectivity index (χ2v) is 5.61. The molecule has 0 radical (unpaired) electrons. The van der Waals surface area contributed by atoms with E-state index in [2.05, 4.69) is 10.3 Å². The molecule has 0 saturated heterocycles. The largest absolute Gasteiger partial charge is 0.383 e. The number of imidazole rings is 1. The van der Waals surface area contributed by atoms with Crippen molar-refractivity contribution >= 4 is 34.8 Å². The van der Waals surface area contributed by atoms with Gasteiger partial charge < -0.3 is 14.6 Å². The van der Waals surface area contributed by atoms with Crippen molar-refractivity contribution in [3.8, 4) is 0 Å². The fraction of sp³-hybridized carbons (Fsp3) is 0.357. The number of hydrogen-bond acceptors (Lipinski definition) is 3. The molecule has 114 valence electrons. The first-order valence-electron chi connectivity index (χ1n) is 6.38. The molecule has 21 heavy (non-hydrogen) atoms. The number of aromatic nitrogens is 2. The summed E-state index contributed by atoms with van der Waals surface area (Å²) in [5, 5.41) is 3.03. The van der Waals surface area contributed by atoms with Crippen molar-refractivity contribution in [2.45, 2.75) is 19.9 Å². The summed E-state index contributed by atoms with van der Waals surface area (Å²) < 4.78 is 20.5. The average Bonchev–Trinajstić information content (AvgIpc) is 2.77. The Hall–Kier alpha value is -1.30. The third kappa shape index (κ3) is 3.67. The van der Waals surface area contributed by atoms with Crippen LogP contribution in [0.25, 0.3) is 0 Å². The van der Waals surface area contributed by atoms with Gasteiger partial charge in [-0.05, 0) is 26.0 Å². The summed E-state index contributed by atoms with van der Waals surface area (Å²) in [6.45, 7) is 4.46. The highest BCUT2D eigenvalue weighted by molar-refractivity contribution is 6.35. The Labute approximate surface area is 132 Å². The van der Waals surface area contributed by atoms with Crippen molar-refractivity contribution in [3.05, 3.63) is 39.9 Å². The molecule has 0 aliphatic carbocycles. The Morgan fingerprint density at radius 1 is 1.38 bits per heavy atom. The number of nitrogens with zero attached hydrogens (tertiary/aromatic N) is 2. The van der Waals surface area contributed by atoms with E-state index < -0.39 is 5.82 Å². The summed E-state index contributed by atoms with van der Waals surface area (Å²) in [7, 11) is 1.65. The van der Waals surface area contributed by atoms with Gasteiger partial charge in [0.1, 0.15) is 0 Å². The van der Waals surface area contributed by atoms with Gasteiger partial charge in [-0.25, -0.2) is 9.37 Å². The smallest absolute Gasteiger partial charge is 0.207 e. The van der Waals surface area contributed by atoms with Gasteiger partial charge in [-0.15, -0.1) is 0 Å². The number of benzene rings is 1. The number of hydrogen-bond donors (Lipinski definition) is 1. The zero-order valence-corrected chi connectivity index (χ0v) is 13.5. The molecule has 0 saturated carbocycles. The first kappa shape index (κ1) is 16.1. The van der Waals surface area contributed by atoms with Crippen LogP contribution in [0.3, 0.4) is 0 Å². The minimum atomic E-state index is -0.629. The zero-order valence-electron chi connectivity index (χ0n) is 12.0. The van der Waals surface area contributed by atoms with Crippen LogP contribution in [-0.2, 0) is 4.74 Å². The van der Waals surface area contributed by atoms with E-state index in [1.54, 1.807) is 7.11 Å². The topological polar surface area (TPSA) is 39.1 Å². The first-order chi connectivity index (χ1) is 9.92. The molecule has 0 bridgehead atoms. The second-order valence-electron chi connectivity index (χ2n) is 4.80. The predicted octanol–water partition coefficient (Wildman–Crippen LogP) is 4.59. The zero-order chi connectivity index (χ0) is 15.6. The third-order valence-electron chi connectivity index (χ3n) is 2.98. The van der Waals surface area contributed by atoms with E-state index in [0.29, 0.717) is 18.2 Å². The van der Waals surface area contributed by atoms with Crippen LogP contribution in [0.5, 0.6) is 0 Å². The Balaban J connectivity index is 2.31. The van der Waals surface area contributed by atoms with Crippen molar-refractivity contribution in [2.24, 2.45) is 0 Å². The first-order valence-corrected chi connectivity index (χ1v) is 7.14. The van der Waals surface area contributed by atoms with E-state index in [1.807, 2.05) is 24.6 Å². The van der Waals surface area contributed by atoms with Crippen molar-refractivity contribution < 1.29 is 9.13 Å². The lowest BCUT2D eigenvalue weighted by atomic mass is 10.3. The van der Waals surface area contributed by atoms with Crippen LogP contribution in [0.4, 0.5) is 16.0 Å². The minimum absolute atomic E-state index is 0.0373. The lowest BCUT2D eigenvalue weighted by molar-refractivity contribution is 0.163. The Kier molecular flexibility index (Phi) is 5.08. The van der Waals surface area contributed by atoms with Crippen LogP contribution in [0, 0.1) is 12.7 Å². The van der Waals surface area contributed by atoms with Gasteiger partial charge in [0.05, 0.1) is 28.4 Å². The number of halogens is 3. The summed E-state index contributed by atoms with van der Waals surface area (Å²) in [5.74, 6) is -0.00746. The molecule has 2 aromatic rings. The summed E-state index contributed by atoms with van der Waals surface area (Å²) in [6, 6.07) is 3.04. The molecule has 4 nitrogen and oxygen atoms in total. The third-order valence-corrected chi connectivity index (χ3v) is 3.53. The van der Waals surface area contributed by atoms with Crippen molar-refractivity contribution in [1.29, 1.82) is 0 Å². The van der Waals surface area contributed by atoms with E-state index in [1.165, 1.54) is 12.1 Å². The number of rotatable bonds is 5. The highest BCUT2D eigenvalue weighted by atomic mass is 35.5. The van der Waals surface area contributed by atoms with Gasteiger partial charge in [-0.2, -0.15) is 0 Å². The van der Waals surface area contributed by atoms with Gasteiger partial charge in [-0.1, -0.05) is 23.2 Å². The van der Waals surface area contributed by atoms with Gasteiger partial charge in [0.2, 0.25) is 5.95 Å². The molecule has 1 N–H and O–H groups in total. The van der Waals surface area contributed by atoms with Crippen LogP contribution in [0.15, 0.2) is 18.3 Å². The summed E-state index contributed by atoms with van der Waals surface area (Å²) in [5.41, 5.74) is 1.43. The molecule has 0 fully saturated rings. The summed E-state index contributed by atoms with van der Waals surface area (Å²) >= 11 is 11.6. The van der Waals surface area contributed by atoms with Gasteiger partial charge >= 0.3 is 0 Å². The normalized spacial score (nSPS) is 12.5. The van der Waals surface area contributed by atoms with Crippen LogP contribution in [0.2, 0.25) is 10.0 Å². The second kappa shape index (κ2) is 6.64. The fourth-order valence-corrected chi connectivity index (χ4v) is 2.51. The lowest BCUT2D eigenvalue weighted by Crippen LogP contribution is -2.12. The number of methoxy groups -OCH3 is 1. The van der Waals surface area contributed by atoms with Crippen LogP contribution < -0.4 is 5.32 Å². The molecule has 1 aromatic carbocycles. The molecule has 0 spiro atoms. The minimum Gasteiger partial charge on any atom is -0.383 e. The lowest BCUT2D eigenvalue weighted by Gasteiger charge is -2.16. The van der Waals surface area contributed by atoms with E-state index in [0.717, 1.165) is 5.69 Å². The fourth-order valence-electron chi connectivity index (χ4n) is 2.02. The van der Waals surface area contributed by atoms with Crippen molar-refractivity contribution in [1.82, 2.24) is 9.55 Å². The van der Waals surface area contributed by atoms with Crippen molar-refractivity contribution in [3.63, 3.8) is 0 Å². The molecular formula is C14H16Cl2FN3O. The van der Waals surface area contributed by atoms with E-state index in [9.17, 15) is 4.39 Å². The highest BCUT2D eigenvalue weighted by Crippen LogP contribution is 2.29. The summed E-state index contributed by atoms with van der Waals surface area (Å²) in [6.07, 6.45) is 1.92. The maximum atomic E-state index is 13.4. The molecular weight excluding hydrogens is 316 g/mol. The average molecular weight is 332 g/mol. The number of aryl methyl sites for hydroxylation is 1. The SMILES string of the molecule is COCC(C)n1cc(C)nc1Nc1cc(Cl)c(F)c(Cl)c1. The quantitative estimate of drug-likeness (QED) is 0.814. The number of anilines is 2. The molecule has 1 atom stereocenters. The van der Waals surface area contributed by atoms with Crippen LogP contribution in [0.1, 0.15) is 18.7 Å². The van der Waals surface area contributed by atoms with E-state index in [4.69, 9.17) is 27.9 Å². The van der Waals surface area contributed by atoms with Crippen LogP contribution >= 0.6 is 23.2 Å². The monoisotopic (exact) mass is 331 g/mol. The Morgan fingerprint density at radius 3 is 2.57 bits per heavy atom. The Bertz CT molecular complexity index is 622. The Morgan fingerprint density at radius 2 is 2.00 bits per heavy atom. The molecule has 1 heterocycles. The molecule has 1 unspecified atom stereocenters. The van der Waals surface area contributed by atoms with Gasteiger partial charge in [-0.3, -0.25) is 0 Å². The molecule has 0 amide bonds. The van der Waals surface area contributed by atoms with E-state index in [-0.39, 0.29) is 16.1 Å². The highest BCUT2D eigenvalue weighted by Gasteiger charge is 2.14.